The molecule has 0 spiro atoms. The number of aliphatic hydroxyl groups excluding tert-OH is 2. The highest BCUT2D eigenvalue weighted by atomic mass is 16.7. The molecule has 4 N–H and O–H groups in total. The van der Waals surface area contributed by atoms with E-state index in [1.54, 1.807) is 42.5 Å². The van der Waals surface area contributed by atoms with Crippen LogP contribution >= 0.6 is 0 Å². The van der Waals surface area contributed by atoms with E-state index in [1.165, 1.54) is 13.8 Å². The van der Waals surface area contributed by atoms with Gasteiger partial charge in [0.2, 0.25) is 0 Å². The summed E-state index contributed by atoms with van der Waals surface area (Å²) in [5.74, 6) is -0.905. The first-order valence-corrected chi connectivity index (χ1v) is 13.9. The lowest BCUT2D eigenvalue weighted by molar-refractivity contribution is -0.252. The summed E-state index contributed by atoms with van der Waals surface area (Å²) in [7, 11) is 1.89. The highest BCUT2D eigenvalue weighted by molar-refractivity contribution is 5.95. The minimum absolute atomic E-state index is 0.0545. The van der Waals surface area contributed by atoms with E-state index in [0.29, 0.717) is 36.3 Å². The number of nitrogens with zero attached hydrogens (tertiary/aromatic N) is 1. The number of esters is 1. The molecule has 5 atom stereocenters. The van der Waals surface area contributed by atoms with E-state index in [-0.39, 0.29) is 24.6 Å². The maximum absolute atomic E-state index is 12.5. The van der Waals surface area contributed by atoms with E-state index in [9.17, 15) is 24.9 Å². The summed E-state index contributed by atoms with van der Waals surface area (Å²) >= 11 is 0. The average Bonchev–Trinajstić information content (AvgIpc) is 2.96. The molecule has 1 aliphatic rings. The van der Waals surface area contributed by atoms with Crippen LogP contribution in [0.15, 0.2) is 72.8 Å². The third kappa shape index (κ3) is 8.60. The van der Waals surface area contributed by atoms with Crippen LogP contribution in [-0.4, -0.2) is 64.4 Å². The van der Waals surface area contributed by atoms with Gasteiger partial charge in [0.15, 0.2) is 12.4 Å². The summed E-state index contributed by atoms with van der Waals surface area (Å²) in [5, 5.41) is 32.7. The Balaban J connectivity index is 1.50. The summed E-state index contributed by atoms with van der Waals surface area (Å²) in [6.45, 7) is 3.52. The zero-order valence-electron chi connectivity index (χ0n) is 24.0. The molecule has 224 valence electrons. The van der Waals surface area contributed by atoms with Crippen molar-refractivity contribution in [2.45, 2.75) is 57.6 Å². The molecule has 0 aliphatic carbocycles. The Kier molecular flexibility index (Phi) is 10.7. The molecule has 0 radical (unpaired) electrons. The smallest absolute Gasteiger partial charge is 0.303 e. The van der Waals surface area contributed by atoms with E-state index in [4.69, 9.17) is 14.2 Å². The second-order valence-corrected chi connectivity index (χ2v) is 10.5. The minimum atomic E-state index is -0.949. The number of benzene rings is 3. The van der Waals surface area contributed by atoms with Crippen molar-refractivity contribution < 1.29 is 39.1 Å². The van der Waals surface area contributed by atoms with Crippen LogP contribution in [0.3, 0.4) is 0 Å². The van der Waals surface area contributed by atoms with Gasteiger partial charge in [-0.25, -0.2) is 0 Å². The number of rotatable bonds is 11. The highest BCUT2D eigenvalue weighted by Gasteiger charge is 2.33. The predicted octanol–water partition coefficient (Wildman–Crippen LogP) is 3.99. The lowest BCUT2D eigenvalue weighted by atomic mass is 9.99. The van der Waals surface area contributed by atoms with Crippen LogP contribution in [0.2, 0.25) is 0 Å². The molecular formula is C32H38N2O8. The van der Waals surface area contributed by atoms with Crippen molar-refractivity contribution >= 4 is 17.6 Å². The highest BCUT2D eigenvalue weighted by Crippen LogP contribution is 2.38. The molecule has 4 rings (SSSR count). The zero-order chi connectivity index (χ0) is 30.2. The van der Waals surface area contributed by atoms with Crippen LogP contribution < -0.4 is 5.32 Å². The third-order valence-electron chi connectivity index (χ3n) is 7.01. The Bertz CT molecular complexity index is 1350. The minimum Gasteiger partial charge on any atom is -0.508 e. The summed E-state index contributed by atoms with van der Waals surface area (Å²) in [6, 6.07) is 21.2. The van der Waals surface area contributed by atoms with Crippen LogP contribution in [0, 0.1) is 0 Å². The van der Waals surface area contributed by atoms with Crippen molar-refractivity contribution in [3.63, 3.8) is 0 Å². The number of aliphatic hydroxyl groups is 2. The van der Waals surface area contributed by atoms with Gasteiger partial charge in [-0.05, 0) is 54.9 Å². The maximum atomic E-state index is 12.5. The lowest BCUT2D eigenvalue weighted by Crippen LogP contribution is -2.39. The lowest BCUT2D eigenvalue weighted by Gasteiger charge is -2.38. The maximum Gasteiger partial charge on any atom is 0.303 e. The SMILES string of the molecule is CC(=O)O[C@@H](C)C(=O)Nc1cccc([C@H]2O[C@@H](CN(C)C[C@@H](O)c3cccc(O)c3)C[C@@H](c3ccc(CO)cc3)O2)c1. The molecule has 1 fully saturated rings. The summed E-state index contributed by atoms with van der Waals surface area (Å²) in [5.41, 5.74) is 3.55. The van der Waals surface area contributed by atoms with Crippen LogP contribution in [-0.2, 0) is 30.4 Å². The third-order valence-corrected chi connectivity index (χ3v) is 7.01. The van der Waals surface area contributed by atoms with Gasteiger partial charge in [-0.2, -0.15) is 0 Å². The number of ether oxygens (including phenoxy) is 3. The van der Waals surface area contributed by atoms with Gasteiger partial charge >= 0.3 is 5.97 Å². The second kappa shape index (κ2) is 14.4. The summed E-state index contributed by atoms with van der Waals surface area (Å²) in [6.07, 6.45) is -2.52. The largest absolute Gasteiger partial charge is 0.508 e. The molecule has 42 heavy (non-hydrogen) atoms. The van der Waals surface area contributed by atoms with Crippen molar-refractivity contribution in [3.8, 4) is 5.75 Å². The van der Waals surface area contributed by atoms with Gasteiger partial charge in [-0.3, -0.25) is 9.59 Å². The molecule has 0 bridgehead atoms. The molecule has 1 aliphatic heterocycles. The standard InChI is InChI=1S/C32H38N2O8/c1-20(40-21(2)36)31(39)33-26-8-4-7-25(14-26)32-41-28(16-30(42-32)23-12-10-22(19-35)11-13-23)17-34(3)18-29(38)24-6-5-9-27(37)15-24/h4-15,20,28-30,32,35,37-38H,16-19H2,1-3H3,(H,33,39)/t20-,28+,29+,30-,32-/m0/s1. The van der Waals surface area contributed by atoms with Crippen LogP contribution in [0.25, 0.3) is 0 Å². The zero-order valence-corrected chi connectivity index (χ0v) is 24.0. The molecule has 1 heterocycles. The van der Waals surface area contributed by atoms with Crippen LogP contribution in [0.5, 0.6) is 5.75 Å². The number of anilines is 1. The molecule has 1 saturated heterocycles. The normalized spacial score (nSPS) is 20.1. The number of phenolic OH excluding ortho intramolecular Hbond substituents is 1. The average molecular weight is 579 g/mol. The van der Waals surface area contributed by atoms with Gasteiger partial charge < -0.3 is 39.7 Å². The Morgan fingerprint density at radius 2 is 1.79 bits per heavy atom. The fourth-order valence-corrected chi connectivity index (χ4v) is 4.90. The predicted molar refractivity (Wildman–Crippen MR) is 155 cm³/mol. The Hall–Kier alpha value is -3.80. The van der Waals surface area contributed by atoms with Crippen LogP contribution in [0.1, 0.15) is 61.0 Å². The van der Waals surface area contributed by atoms with Gasteiger partial charge in [-0.15, -0.1) is 0 Å². The van der Waals surface area contributed by atoms with Crippen molar-refractivity contribution in [1.29, 1.82) is 0 Å². The fraction of sp³-hybridized carbons (Fsp3) is 0.375. The molecular weight excluding hydrogens is 540 g/mol. The number of likely N-dealkylation sites (N-methyl/N-ethyl adjacent to an activating group) is 1. The molecule has 10 nitrogen and oxygen atoms in total. The first-order valence-electron chi connectivity index (χ1n) is 13.9. The Morgan fingerprint density at radius 3 is 2.48 bits per heavy atom. The van der Waals surface area contributed by atoms with E-state index < -0.39 is 30.4 Å². The van der Waals surface area contributed by atoms with Crippen molar-refractivity contribution in [1.82, 2.24) is 4.90 Å². The number of phenols is 1. The van der Waals surface area contributed by atoms with Gasteiger partial charge in [0, 0.05) is 37.7 Å². The molecule has 10 heteroatoms. The number of carbonyl (C=O) groups excluding carboxylic acids is 2. The number of amides is 1. The topological polar surface area (TPSA) is 138 Å². The number of hydrogen-bond donors (Lipinski definition) is 4. The molecule has 3 aromatic rings. The van der Waals surface area contributed by atoms with Gasteiger partial charge in [0.05, 0.1) is 24.9 Å². The first-order chi connectivity index (χ1) is 20.1. The Labute approximate surface area is 245 Å². The van der Waals surface area contributed by atoms with E-state index in [2.05, 4.69) is 5.32 Å². The quantitative estimate of drug-likeness (QED) is 0.249. The fourth-order valence-electron chi connectivity index (χ4n) is 4.90. The first kappa shape index (κ1) is 31.1. The van der Waals surface area contributed by atoms with Gasteiger partial charge in [-0.1, -0.05) is 48.5 Å². The number of aromatic hydroxyl groups is 1. The van der Waals surface area contributed by atoms with Gasteiger partial charge in [0.1, 0.15) is 5.75 Å². The monoisotopic (exact) mass is 578 g/mol. The van der Waals surface area contributed by atoms with Crippen molar-refractivity contribution in [3.05, 3.63) is 95.1 Å². The summed E-state index contributed by atoms with van der Waals surface area (Å²) in [4.78, 5) is 25.7. The van der Waals surface area contributed by atoms with E-state index >= 15 is 0 Å². The second-order valence-electron chi connectivity index (χ2n) is 10.5. The molecule has 1 amide bonds. The van der Waals surface area contributed by atoms with Crippen LogP contribution in [0.4, 0.5) is 5.69 Å². The van der Waals surface area contributed by atoms with Crippen molar-refractivity contribution in [2.24, 2.45) is 0 Å². The summed E-state index contributed by atoms with van der Waals surface area (Å²) < 4.78 is 17.8. The number of carbonyl (C=O) groups is 2. The van der Waals surface area contributed by atoms with E-state index in [1.807, 2.05) is 42.3 Å². The van der Waals surface area contributed by atoms with E-state index in [0.717, 1.165) is 11.1 Å². The number of nitrogens with one attached hydrogen (secondary N) is 1. The Morgan fingerprint density at radius 1 is 1.05 bits per heavy atom. The molecule has 0 unspecified atom stereocenters. The molecule has 0 aromatic heterocycles. The van der Waals surface area contributed by atoms with Gasteiger partial charge in [0.25, 0.3) is 5.91 Å². The number of hydrogen-bond acceptors (Lipinski definition) is 9. The molecule has 0 saturated carbocycles. The molecule has 3 aromatic carbocycles. The van der Waals surface area contributed by atoms with Crippen molar-refractivity contribution in [2.75, 3.05) is 25.5 Å².